The number of nitrogens with zero attached hydrogens (tertiary/aromatic N) is 1. The number of benzene rings is 1. The van der Waals surface area contributed by atoms with Crippen molar-refractivity contribution in [2.75, 3.05) is 23.8 Å². The summed E-state index contributed by atoms with van der Waals surface area (Å²) in [6.07, 6.45) is 0. The molecule has 0 unspecified atom stereocenters. The highest BCUT2D eigenvalue weighted by Gasteiger charge is 2.18. The molecule has 0 fully saturated rings. The monoisotopic (exact) mass is 269 g/mol. The number of halogens is 1. The first-order chi connectivity index (χ1) is 6.94. The minimum atomic E-state index is 0.305. The van der Waals surface area contributed by atoms with E-state index in [9.17, 15) is 0 Å². The second-order valence-corrected chi connectivity index (χ2v) is 5.55. The zero-order chi connectivity index (χ0) is 11.5. The molecule has 0 radical (unpaired) electrons. The number of aryl methyl sites for hydroxylation is 1. The van der Waals surface area contributed by atoms with Crippen molar-refractivity contribution in [3.63, 3.8) is 0 Å². The Bertz CT molecular complexity index is 303. The van der Waals surface area contributed by atoms with Crippen LogP contribution in [0.3, 0.4) is 0 Å². The van der Waals surface area contributed by atoms with Crippen LogP contribution >= 0.6 is 15.9 Å². The Morgan fingerprint density at radius 2 is 1.73 bits per heavy atom. The van der Waals surface area contributed by atoms with Crippen molar-refractivity contribution in [1.82, 2.24) is 0 Å². The summed E-state index contributed by atoms with van der Waals surface area (Å²) in [7, 11) is 2.15. The van der Waals surface area contributed by atoms with Gasteiger partial charge >= 0.3 is 0 Å². The molecule has 1 aromatic carbocycles. The third kappa shape index (κ3) is 3.86. The van der Waals surface area contributed by atoms with Crippen LogP contribution in [0.4, 0.5) is 5.69 Å². The molecule has 0 heterocycles. The number of anilines is 1. The van der Waals surface area contributed by atoms with E-state index in [-0.39, 0.29) is 0 Å². The SMILES string of the molecule is Cc1ccc(N(C)CC(C)(C)CBr)cc1. The van der Waals surface area contributed by atoms with Gasteiger partial charge in [-0.3, -0.25) is 0 Å². The summed E-state index contributed by atoms with van der Waals surface area (Å²) in [5.41, 5.74) is 2.90. The maximum absolute atomic E-state index is 3.56. The van der Waals surface area contributed by atoms with Gasteiger partial charge in [-0.25, -0.2) is 0 Å². The molecule has 84 valence electrons. The van der Waals surface area contributed by atoms with E-state index in [0.29, 0.717) is 5.41 Å². The van der Waals surface area contributed by atoms with Crippen molar-refractivity contribution >= 4 is 21.6 Å². The molecule has 15 heavy (non-hydrogen) atoms. The van der Waals surface area contributed by atoms with Gasteiger partial charge in [-0.2, -0.15) is 0 Å². The van der Waals surface area contributed by atoms with E-state index in [2.05, 4.69) is 72.9 Å². The molecular weight excluding hydrogens is 250 g/mol. The molecule has 0 aliphatic heterocycles. The number of hydrogen-bond donors (Lipinski definition) is 0. The molecule has 1 nitrogen and oxygen atoms in total. The maximum atomic E-state index is 3.56. The zero-order valence-corrected chi connectivity index (χ0v) is 11.6. The minimum absolute atomic E-state index is 0.305. The van der Waals surface area contributed by atoms with Crippen LogP contribution in [-0.2, 0) is 0 Å². The van der Waals surface area contributed by atoms with Gasteiger partial charge in [0.25, 0.3) is 0 Å². The Morgan fingerprint density at radius 1 is 1.20 bits per heavy atom. The molecular formula is C13H20BrN. The first-order valence-corrected chi connectivity index (χ1v) is 6.40. The molecule has 0 amide bonds. The van der Waals surface area contributed by atoms with E-state index in [0.717, 1.165) is 11.9 Å². The molecule has 0 aliphatic carbocycles. The third-order valence-corrected chi connectivity index (χ3v) is 4.02. The van der Waals surface area contributed by atoms with Crippen molar-refractivity contribution in [3.05, 3.63) is 29.8 Å². The van der Waals surface area contributed by atoms with Gasteiger partial charge in [-0.05, 0) is 24.5 Å². The van der Waals surface area contributed by atoms with Crippen molar-refractivity contribution in [3.8, 4) is 0 Å². The fourth-order valence-electron chi connectivity index (χ4n) is 1.57. The Balaban J connectivity index is 2.69. The first-order valence-electron chi connectivity index (χ1n) is 5.28. The number of rotatable bonds is 4. The van der Waals surface area contributed by atoms with E-state index in [1.165, 1.54) is 11.3 Å². The van der Waals surface area contributed by atoms with Crippen molar-refractivity contribution < 1.29 is 0 Å². The van der Waals surface area contributed by atoms with E-state index in [1.54, 1.807) is 0 Å². The molecule has 2 heteroatoms. The van der Waals surface area contributed by atoms with Crippen LogP contribution in [0.15, 0.2) is 24.3 Å². The normalized spacial score (nSPS) is 11.5. The Hall–Kier alpha value is -0.500. The number of hydrogen-bond acceptors (Lipinski definition) is 1. The van der Waals surface area contributed by atoms with Gasteiger partial charge in [0.15, 0.2) is 0 Å². The van der Waals surface area contributed by atoms with Gasteiger partial charge in [-0.15, -0.1) is 0 Å². The molecule has 0 aliphatic rings. The van der Waals surface area contributed by atoms with Crippen LogP contribution in [0.5, 0.6) is 0 Å². The molecule has 1 aromatic rings. The average Bonchev–Trinajstić information content (AvgIpc) is 2.18. The third-order valence-electron chi connectivity index (χ3n) is 2.50. The topological polar surface area (TPSA) is 3.24 Å². The second-order valence-electron chi connectivity index (χ2n) is 4.99. The quantitative estimate of drug-likeness (QED) is 0.751. The lowest BCUT2D eigenvalue weighted by Gasteiger charge is -2.30. The van der Waals surface area contributed by atoms with Crippen LogP contribution in [0.25, 0.3) is 0 Å². The van der Waals surface area contributed by atoms with Crippen molar-refractivity contribution in [2.45, 2.75) is 20.8 Å². The summed E-state index contributed by atoms with van der Waals surface area (Å²) in [6.45, 7) is 7.71. The molecule has 0 aromatic heterocycles. The smallest absolute Gasteiger partial charge is 0.0363 e. The summed E-state index contributed by atoms with van der Waals surface area (Å²) in [5, 5.41) is 1.02. The lowest BCUT2D eigenvalue weighted by molar-refractivity contribution is 0.432. The fraction of sp³-hybridized carbons (Fsp3) is 0.538. The largest absolute Gasteiger partial charge is 0.374 e. The lowest BCUT2D eigenvalue weighted by Crippen LogP contribution is -2.32. The van der Waals surface area contributed by atoms with Crippen LogP contribution in [0.2, 0.25) is 0 Å². The van der Waals surface area contributed by atoms with E-state index in [1.807, 2.05) is 0 Å². The highest BCUT2D eigenvalue weighted by molar-refractivity contribution is 9.09. The van der Waals surface area contributed by atoms with Crippen LogP contribution in [0, 0.1) is 12.3 Å². The molecule has 0 bridgehead atoms. The van der Waals surface area contributed by atoms with Crippen LogP contribution < -0.4 is 4.90 Å². The molecule has 0 atom stereocenters. The van der Waals surface area contributed by atoms with E-state index in [4.69, 9.17) is 0 Å². The van der Waals surface area contributed by atoms with Gasteiger partial charge in [0, 0.05) is 24.6 Å². The molecule has 0 saturated carbocycles. The molecule has 0 N–H and O–H groups in total. The van der Waals surface area contributed by atoms with Gasteiger partial charge in [0.2, 0.25) is 0 Å². The van der Waals surface area contributed by atoms with Gasteiger partial charge in [-0.1, -0.05) is 47.5 Å². The Labute approximate surface area is 102 Å². The van der Waals surface area contributed by atoms with Gasteiger partial charge in [0.1, 0.15) is 0 Å². The highest BCUT2D eigenvalue weighted by Crippen LogP contribution is 2.23. The number of alkyl halides is 1. The predicted octanol–water partition coefficient (Wildman–Crippen LogP) is 3.85. The molecule has 0 saturated heterocycles. The predicted molar refractivity (Wildman–Crippen MR) is 72.0 cm³/mol. The summed E-state index contributed by atoms with van der Waals surface area (Å²) in [6, 6.07) is 8.68. The second kappa shape index (κ2) is 5.02. The highest BCUT2D eigenvalue weighted by atomic mass is 79.9. The summed E-state index contributed by atoms with van der Waals surface area (Å²) >= 11 is 3.56. The van der Waals surface area contributed by atoms with E-state index >= 15 is 0 Å². The van der Waals surface area contributed by atoms with E-state index < -0.39 is 0 Å². The molecule has 1 rings (SSSR count). The maximum Gasteiger partial charge on any atom is 0.0363 e. The fourth-order valence-corrected chi connectivity index (χ4v) is 1.75. The Kier molecular flexibility index (Phi) is 4.21. The van der Waals surface area contributed by atoms with Crippen molar-refractivity contribution in [1.29, 1.82) is 0 Å². The molecule has 0 spiro atoms. The Morgan fingerprint density at radius 3 is 2.20 bits per heavy atom. The van der Waals surface area contributed by atoms with Gasteiger partial charge < -0.3 is 4.90 Å². The zero-order valence-electron chi connectivity index (χ0n) is 10.0. The summed E-state index contributed by atoms with van der Waals surface area (Å²) in [5.74, 6) is 0. The van der Waals surface area contributed by atoms with Crippen LogP contribution in [0.1, 0.15) is 19.4 Å². The van der Waals surface area contributed by atoms with Crippen LogP contribution in [-0.4, -0.2) is 18.9 Å². The summed E-state index contributed by atoms with van der Waals surface area (Å²) < 4.78 is 0. The van der Waals surface area contributed by atoms with Crippen molar-refractivity contribution in [2.24, 2.45) is 5.41 Å². The lowest BCUT2D eigenvalue weighted by atomic mass is 9.96. The minimum Gasteiger partial charge on any atom is -0.374 e. The van der Waals surface area contributed by atoms with Gasteiger partial charge in [0.05, 0.1) is 0 Å². The standard InChI is InChI=1S/C13H20BrN/c1-11-5-7-12(8-6-11)15(4)10-13(2,3)9-14/h5-8H,9-10H2,1-4H3. The average molecular weight is 270 g/mol. The summed E-state index contributed by atoms with van der Waals surface area (Å²) in [4.78, 5) is 2.31. The first kappa shape index (κ1) is 12.6.